The number of carbonyl (C=O) groups excluding carboxylic acids is 2. The molecule has 0 N–H and O–H groups in total. The minimum absolute atomic E-state index is 0.0267. The first-order valence-electron chi connectivity index (χ1n) is 8.89. The Morgan fingerprint density at radius 1 is 1.14 bits per heavy atom. The summed E-state index contributed by atoms with van der Waals surface area (Å²) in [5.41, 5.74) is 2.69. The molecule has 28 heavy (non-hydrogen) atoms. The van der Waals surface area contributed by atoms with Crippen LogP contribution in [-0.4, -0.2) is 33.6 Å². The second-order valence-electron chi connectivity index (χ2n) is 6.28. The van der Waals surface area contributed by atoms with Crippen molar-refractivity contribution >= 4 is 51.8 Å². The molecule has 6 nitrogen and oxygen atoms in total. The van der Waals surface area contributed by atoms with E-state index in [1.165, 1.54) is 23.5 Å². The number of para-hydroxylation sites is 1. The Morgan fingerprint density at radius 2 is 1.86 bits per heavy atom. The van der Waals surface area contributed by atoms with Gasteiger partial charge in [0.05, 0.1) is 18.0 Å². The van der Waals surface area contributed by atoms with Crippen molar-refractivity contribution in [3.63, 3.8) is 0 Å². The van der Waals surface area contributed by atoms with E-state index >= 15 is 0 Å². The van der Waals surface area contributed by atoms with Gasteiger partial charge in [-0.25, -0.2) is 9.80 Å². The summed E-state index contributed by atoms with van der Waals surface area (Å²) in [6, 6.07) is 17.3. The van der Waals surface area contributed by atoms with Gasteiger partial charge in [-0.05, 0) is 49.9 Å². The van der Waals surface area contributed by atoms with E-state index in [1.807, 2.05) is 61.5 Å². The highest BCUT2D eigenvalue weighted by Crippen LogP contribution is 2.55. The Balaban J connectivity index is 1.82. The number of aryl methyl sites for hydroxylation is 1. The number of carbonyl (C=O) groups is 2. The summed E-state index contributed by atoms with van der Waals surface area (Å²) in [6.45, 7) is 4.04. The molecule has 0 aliphatic carbocycles. The Bertz CT molecular complexity index is 933. The Labute approximate surface area is 171 Å². The van der Waals surface area contributed by atoms with E-state index < -0.39 is 10.3 Å². The number of hydrogen-bond donors (Lipinski definition) is 0. The van der Waals surface area contributed by atoms with Gasteiger partial charge in [0.1, 0.15) is 0 Å². The van der Waals surface area contributed by atoms with Gasteiger partial charge in [-0.1, -0.05) is 47.7 Å². The molecule has 2 aliphatic heterocycles. The van der Waals surface area contributed by atoms with Gasteiger partial charge in [0.25, 0.3) is 0 Å². The third kappa shape index (κ3) is 3.16. The molecule has 2 aromatic rings. The lowest BCUT2D eigenvalue weighted by Crippen LogP contribution is -2.51. The van der Waals surface area contributed by atoms with Crippen molar-refractivity contribution in [1.29, 1.82) is 0 Å². The molecule has 1 atom stereocenters. The molecule has 1 spiro atoms. The van der Waals surface area contributed by atoms with Crippen LogP contribution in [0.3, 0.4) is 0 Å². The molecule has 8 heteroatoms. The summed E-state index contributed by atoms with van der Waals surface area (Å²) in [7, 11) is 0. The van der Waals surface area contributed by atoms with Crippen LogP contribution in [0.25, 0.3) is 0 Å². The molecule has 0 saturated carbocycles. The molecule has 2 aromatic carbocycles. The Kier molecular flexibility index (Phi) is 5.07. The van der Waals surface area contributed by atoms with Gasteiger partial charge in [-0.15, -0.1) is 0 Å². The molecule has 1 fully saturated rings. The van der Waals surface area contributed by atoms with Gasteiger partial charge in [0.15, 0.2) is 0 Å². The number of thioether (sulfide) groups is 2. The monoisotopic (exact) mass is 413 g/mol. The molecule has 2 heterocycles. The molecule has 0 radical (unpaired) electrons. The Hall–Kier alpha value is -2.45. The van der Waals surface area contributed by atoms with Crippen LogP contribution in [0.1, 0.15) is 12.5 Å². The van der Waals surface area contributed by atoms with E-state index in [1.54, 1.807) is 16.8 Å². The smallest absolute Gasteiger partial charge is 0.365 e. The van der Waals surface area contributed by atoms with Gasteiger partial charge in [-0.3, -0.25) is 9.69 Å². The molecule has 0 aromatic heterocycles. The zero-order chi connectivity index (χ0) is 19.7. The summed E-state index contributed by atoms with van der Waals surface area (Å²) < 4.78 is 4.26. The number of anilines is 2. The van der Waals surface area contributed by atoms with Crippen LogP contribution in [0, 0.1) is 6.92 Å². The van der Waals surface area contributed by atoms with Crippen LogP contribution in [0.4, 0.5) is 11.4 Å². The number of esters is 1. The molecular weight excluding hydrogens is 394 g/mol. The van der Waals surface area contributed by atoms with Gasteiger partial charge < -0.3 is 4.74 Å². The van der Waals surface area contributed by atoms with Gasteiger partial charge in [0.2, 0.25) is 15.3 Å². The summed E-state index contributed by atoms with van der Waals surface area (Å²) in [5.74, 6) is -0.203. The van der Waals surface area contributed by atoms with Crippen LogP contribution in [0.2, 0.25) is 0 Å². The van der Waals surface area contributed by atoms with Crippen LogP contribution < -0.4 is 9.91 Å². The van der Waals surface area contributed by atoms with E-state index in [-0.39, 0.29) is 17.6 Å². The van der Waals surface area contributed by atoms with Crippen molar-refractivity contribution in [2.45, 2.75) is 18.2 Å². The molecular formula is C20H19N3O3S2. The number of rotatable bonds is 4. The number of benzene rings is 2. The molecule has 4 rings (SSSR count). The fraction of sp³-hybridized carbons (Fsp3) is 0.250. The standard InChI is InChI=1S/C20H19N3O3S2/c1-3-26-19(25)18-21-23(16-11-9-14(2)10-12-16)20(28-18)22(17(24)13-27-20)15-7-5-4-6-8-15/h4-12H,3,13H2,1-2H3. The summed E-state index contributed by atoms with van der Waals surface area (Å²) >= 11 is 2.70. The first-order chi connectivity index (χ1) is 13.5. The highest BCUT2D eigenvalue weighted by atomic mass is 32.2. The van der Waals surface area contributed by atoms with Crippen molar-refractivity contribution in [1.82, 2.24) is 0 Å². The minimum Gasteiger partial charge on any atom is -0.461 e. The highest BCUT2D eigenvalue weighted by molar-refractivity contribution is 8.28. The number of amides is 1. The van der Waals surface area contributed by atoms with Crippen LogP contribution in [-0.2, 0) is 14.3 Å². The van der Waals surface area contributed by atoms with E-state index in [0.717, 1.165) is 16.9 Å². The maximum Gasteiger partial charge on any atom is 0.365 e. The number of hydrogen-bond acceptors (Lipinski definition) is 7. The van der Waals surface area contributed by atoms with E-state index in [9.17, 15) is 9.59 Å². The molecule has 1 amide bonds. The second-order valence-corrected chi connectivity index (χ2v) is 8.84. The predicted octanol–water partition coefficient (Wildman–Crippen LogP) is 3.82. The molecule has 1 saturated heterocycles. The highest BCUT2D eigenvalue weighted by Gasteiger charge is 2.58. The average molecular weight is 414 g/mol. The van der Waals surface area contributed by atoms with Gasteiger partial charge in [-0.2, -0.15) is 5.10 Å². The summed E-state index contributed by atoms with van der Waals surface area (Å²) in [4.78, 5) is 27.0. The zero-order valence-corrected chi connectivity index (χ0v) is 17.1. The van der Waals surface area contributed by atoms with E-state index in [2.05, 4.69) is 5.10 Å². The van der Waals surface area contributed by atoms with Crippen molar-refractivity contribution in [2.75, 3.05) is 22.3 Å². The number of nitrogens with zero attached hydrogens (tertiary/aromatic N) is 3. The van der Waals surface area contributed by atoms with Gasteiger partial charge in [0, 0.05) is 5.69 Å². The fourth-order valence-electron chi connectivity index (χ4n) is 3.08. The maximum absolute atomic E-state index is 12.9. The minimum atomic E-state index is -0.907. The Morgan fingerprint density at radius 3 is 2.54 bits per heavy atom. The van der Waals surface area contributed by atoms with Crippen molar-refractivity contribution < 1.29 is 14.3 Å². The third-order valence-electron chi connectivity index (χ3n) is 4.35. The quantitative estimate of drug-likeness (QED) is 0.710. The lowest BCUT2D eigenvalue weighted by atomic mass is 10.2. The first-order valence-corrected chi connectivity index (χ1v) is 10.7. The van der Waals surface area contributed by atoms with Gasteiger partial charge >= 0.3 is 5.97 Å². The molecule has 2 aliphatic rings. The zero-order valence-electron chi connectivity index (χ0n) is 15.5. The lowest BCUT2D eigenvalue weighted by Gasteiger charge is -2.39. The van der Waals surface area contributed by atoms with Crippen LogP contribution >= 0.6 is 23.5 Å². The van der Waals surface area contributed by atoms with Crippen molar-refractivity contribution in [2.24, 2.45) is 5.10 Å². The molecule has 0 bridgehead atoms. The van der Waals surface area contributed by atoms with Crippen molar-refractivity contribution in [3.8, 4) is 0 Å². The fourth-order valence-corrected chi connectivity index (χ4v) is 5.83. The predicted molar refractivity (Wildman–Crippen MR) is 114 cm³/mol. The van der Waals surface area contributed by atoms with E-state index in [0.29, 0.717) is 5.75 Å². The first kappa shape index (κ1) is 18.9. The maximum atomic E-state index is 12.9. The largest absolute Gasteiger partial charge is 0.461 e. The number of hydrazone groups is 1. The van der Waals surface area contributed by atoms with E-state index in [4.69, 9.17) is 4.74 Å². The topological polar surface area (TPSA) is 62.2 Å². The SMILES string of the molecule is CCOC(=O)C1=NN(c2ccc(C)cc2)C2(SCC(=O)N2c2ccccc2)S1. The van der Waals surface area contributed by atoms with Crippen molar-refractivity contribution in [3.05, 3.63) is 60.2 Å². The molecule has 144 valence electrons. The normalized spacial score (nSPS) is 21.4. The average Bonchev–Trinajstić information content (AvgIpc) is 3.24. The summed E-state index contributed by atoms with van der Waals surface area (Å²) in [6.07, 6.45) is 0. The van der Waals surface area contributed by atoms with Crippen LogP contribution in [0.5, 0.6) is 0 Å². The van der Waals surface area contributed by atoms with Crippen LogP contribution in [0.15, 0.2) is 59.7 Å². The third-order valence-corrected chi connectivity index (χ3v) is 7.14. The number of ether oxygens (including phenoxy) is 1. The summed E-state index contributed by atoms with van der Waals surface area (Å²) in [5, 5.41) is 6.57. The second kappa shape index (κ2) is 7.52. The molecule has 1 unspecified atom stereocenters. The lowest BCUT2D eigenvalue weighted by molar-refractivity contribution is -0.134.